The number of nitrogens with two attached hydrogens (primary N) is 1. The zero-order valence-corrected chi connectivity index (χ0v) is 12.7. The van der Waals surface area contributed by atoms with Crippen molar-refractivity contribution in [3.8, 4) is 5.75 Å². The number of amides is 1. The van der Waals surface area contributed by atoms with Gasteiger partial charge in [0.2, 0.25) is 10.0 Å². The molecule has 7 nitrogen and oxygen atoms in total. The van der Waals surface area contributed by atoms with Gasteiger partial charge in [0.1, 0.15) is 5.75 Å². The molecule has 1 aromatic carbocycles. The van der Waals surface area contributed by atoms with Gasteiger partial charge in [-0.25, -0.2) is 13.6 Å². The van der Waals surface area contributed by atoms with Gasteiger partial charge in [0.25, 0.3) is 5.91 Å². The van der Waals surface area contributed by atoms with Crippen molar-refractivity contribution in [3.05, 3.63) is 23.8 Å². The van der Waals surface area contributed by atoms with E-state index >= 15 is 0 Å². The van der Waals surface area contributed by atoms with Crippen LogP contribution in [0.1, 0.15) is 5.56 Å². The van der Waals surface area contributed by atoms with E-state index in [1.807, 2.05) is 0 Å². The van der Waals surface area contributed by atoms with Crippen molar-refractivity contribution in [1.29, 1.82) is 0 Å². The second-order valence-electron chi connectivity index (χ2n) is 4.88. The number of carbonyl (C=O) groups is 1. The Morgan fingerprint density at radius 2 is 2.24 bits per heavy atom. The predicted octanol–water partition coefficient (Wildman–Crippen LogP) is -0.258. The SMILES string of the molecule is COCCN(C)C(=O)C1Cc2cc(S(N)(=O)=O)ccc2O1. The summed E-state index contributed by atoms with van der Waals surface area (Å²) in [4.78, 5) is 13.8. The monoisotopic (exact) mass is 314 g/mol. The van der Waals surface area contributed by atoms with Gasteiger partial charge in [-0.15, -0.1) is 0 Å². The molecule has 1 heterocycles. The maximum atomic E-state index is 12.2. The number of hydrogen-bond donors (Lipinski definition) is 1. The molecule has 8 heteroatoms. The van der Waals surface area contributed by atoms with E-state index in [2.05, 4.69) is 0 Å². The summed E-state index contributed by atoms with van der Waals surface area (Å²) >= 11 is 0. The number of ether oxygens (including phenoxy) is 2. The summed E-state index contributed by atoms with van der Waals surface area (Å²) in [5, 5.41) is 5.09. The average molecular weight is 314 g/mol. The van der Waals surface area contributed by atoms with E-state index < -0.39 is 16.1 Å². The van der Waals surface area contributed by atoms with Crippen LogP contribution in [0.25, 0.3) is 0 Å². The van der Waals surface area contributed by atoms with Gasteiger partial charge in [-0.1, -0.05) is 0 Å². The van der Waals surface area contributed by atoms with Crippen LogP contribution < -0.4 is 9.88 Å². The molecular formula is C13H18N2O5S. The number of fused-ring (bicyclic) bond motifs is 1. The lowest BCUT2D eigenvalue weighted by molar-refractivity contribution is -0.137. The minimum atomic E-state index is -3.76. The van der Waals surface area contributed by atoms with Crippen LogP contribution in [0.2, 0.25) is 0 Å². The van der Waals surface area contributed by atoms with Gasteiger partial charge >= 0.3 is 0 Å². The highest BCUT2D eigenvalue weighted by Crippen LogP contribution is 2.31. The van der Waals surface area contributed by atoms with Crippen molar-refractivity contribution in [3.63, 3.8) is 0 Å². The molecule has 1 unspecified atom stereocenters. The number of hydrogen-bond acceptors (Lipinski definition) is 5. The van der Waals surface area contributed by atoms with Gasteiger partial charge in [-0.3, -0.25) is 4.79 Å². The first-order valence-electron chi connectivity index (χ1n) is 6.39. The second kappa shape index (κ2) is 6.00. The van der Waals surface area contributed by atoms with Gasteiger partial charge in [-0.05, 0) is 23.8 Å². The van der Waals surface area contributed by atoms with Crippen molar-refractivity contribution >= 4 is 15.9 Å². The number of methoxy groups -OCH3 is 1. The predicted molar refractivity (Wildman–Crippen MR) is 75.4 cm³/mol. The van der Waals surface area contributed by atoms with Gasteiger partial charge in [0.05, 0.1) is 11.5 Å². The number of rotatable bonds is 5. The summed E-state index contributed by atoms with van der Waals surface area (Å²) in [7, 11) is -0.523. The zero-order valence-electron chi connectivity index (χ0n) is 11.9. The van der Waals surface area contributed by atoms with Gasteiger partial charge in [-0.2, -0.15) is 0 Å². The molecule has 2 N–H and O–H groups in total. The third kappa shape index (κ3) is 3.52. The average Bonchev–Trinajstić information content (AvgIpc) is 2.85. The molecule has 0 saturated carbocycles. The Labute approximate surface area is 123 Å². The first-order valence-corrected chi connectivity index (χ1v) is 7.94. The highest BCUT2D eigenvalue weighted by molar-refractivity contribution is 7.89. The van der Waals surface area contributed by atoms with E-state index in [4.69, 9.17) is 14.6 Å². The van der Waals surface area contributed by atoms with E-state index in [0.29, 0.717) is 30.9 Å². The molecule has 1 atom stereocenters. The molecular weight excluding hydrogens is 296 g/mol. The lowest BCUT2D eigenvalue weighted by atomic mass is 10.1. The lowest BCUT2D eigenvalue weighted by Crippen LogP contribution is -2.40. The molecule has 1 aliphatic heterocycles. The van der Waals surface area contributed by atoms with Crippen molar-refractivity contribution in [2.75, 3.05) is 27.3 Å². The van der Waals surface area contributed by atoms with Gasteiger partial charge in [0, 0.05) is 27.1 Å². The lowest BCUT2D eigenvalue weighted by Gasteiger charge is -2.20. The van der Waals surface area contributed by atoms with E-state index in [-0.39, 0.29) is 10.8 Å². The molecule has 1 aliphatic rings. The molecule has 2 rings (SSSR count). The highest BCUT2D eigenvalue weighted by Gasteiger charge is 2.31. The second-order valence-corrected chi connectivity index (χ2v) is 6.44. The molecule has 0 fully saturated rings. The molecule has 0 aromatic heterocycles. The van der Waals surface area contributed by atoms with E-state index in [1.165, 1.54) is 23.1 Å². The number of likely N-dealkylation sites (N-methyl/N-ethyl adjacent to an activating group) is 1. The Hall–Kier alpha value is -1.64. The van der Waals surface area contributed by atoms with Crippen LogP contribution in [0.15, 0.2) is 23.1 Å². The highest BCUT2D eigenvalue weighted by atomic mass is 32.2. The first kappa shape index (κ1) is 15.7. The number of primary sulfonamides is 1. The number of nitrogens with zero attached hydrogens (tertiary/aromatic N) is 1. The Bertz CT molecular complexity index is 644. The van der Waals surface area contributed by atoms with Crippen LogP contribution in [-0.2, 0) is 26.0 Å². The fourth-order valence-electron chi connectivity index (χ4n) is 2.12. The summed E-state index contributed by atoms with van der Waals surface area (Å²) in [6, 6.07) is 4.35. The summed E-state index contributed by atoms with van der Waals surface area (Å²) in [6.07, 6.45) is -0.313. The number of benzene rings is 1. The maximum absolute atomic E-state index is 12.2. The van der Waals surface area contributed by atoms with Crippen LogP contribution in [0.5, 0.6) is 5.75 Å². The fraction of sp³-hybridized carbons (Fsp3) is 0.462. The third-order valence-electron chi connectivity index (χ3n) is 3.32. The van der Waals surface area contributed by atoms with Crippen molar-refractivity contribution < 1.29 is 22.7 Å². The Kier molecular flexibility index (Phi) is 4.50. The van der Waals surface area contributed by atoms with E-state index in [1.54, 1.807) is 14.2 Å². The van der Waals surface area contributed by atoms with Crippen molar-refractivity contribution in [2.24, 2.45) is 5.14 Å². The van der Waals surface area contributed by atoms with Gasteiger partial charge < -0.3 is 14.4 Å². The Morgan fingerprint density at radius 1 is 1.52 bits per heavy atom. The van der Waals surface area contributed by atoms with Crippen molar-refractivity contribution in [2.45, 2.75) is 17.4 Å². The number of carbonyl (C=O) groups excluding carboxylic acids is 1. The smallest absolute Gasteiger partial charge is 0.263 e. The minimum Gasteiger partial charge on any atom is -0.480 e. The van der Waals surface area contributed by atoms with Crippen molar-refractivity contribution in [1.82, 2.24) is 4.90 Å². The molecule has 0 saturated heterocycles. The molecule has 0 spiro atoms. The Morgan fingerprint density at radius 3 is 2.86 bits per heavy atom. The van der Waals surface area contributed by atoms with E-state index in [0.717, 1.165) is 0 Å². The fourth-order valence-corrected chi connectivity index (χ4v) is 2.69. The summed E-state index contributed by atoms with van der Waals surface area (Å²) < 4.78 is 33.1. The topological polar surface area (TPSA) is 98.9 Å². The molecule has 1 amide bonds. The minimum absolute atomic E-state index is 0.0192. The molecule has 1 aromatic rings. The summed E-state index contributed by atoms with van der Waals surface area (Å²) in [6.45, 7) is 0.908. The number of sulfonamides is 1. The van der Waals surface area contributed by atoms with Crippen LogP contribution in [0.3, 0.4) is 0 Å². The maximum Gasteiger partial charge on any atom is 0.263 e. The zero-order chi connectivity index (χ0) is 15.6. The quantitative estimate of drug-likeness (QED) is 0.807. The molecule has 21 heavy (non-hydrogen) atoms. The van der Waals surface area contributed by atoms with E-state index in [9.17, 15) is 13.2 Å². The largest absolute Gasteiger partial charge is 0.480 e. The molecule has 0 bridgehead atoms. The normalized spacial score (nSPS) is 17.2. The van der Waals surface area contributed by atoms with Gasteiger partial charge in [0.15, 0.2) is 6.10 Å². The van der Waals surface area contributed by atoms with Crippen LogP contribution in [0, 0.1) is 0 Å². The summed E-state index contributed by atoms with van der Waals surface area (Å²) in [5.74, 6) is 0.348. The van der Waals surface area contributed by atoms with Crippen LogP contribution >= 0.6 is 0 Å². The first-order chi connectivity index (χ1) is 9.82. The van der Waals surface area contributed by atoms with Crippen LogP contribution in [-0.4, -0.2) is 52.6 Å². The third-order valence-corrected chi connectivity index (χ3v) is 4.23. The molecule has 116 valence electrons. The standard InChI is InChI=1S/C13H18N2O5S/c1-15(5-6-19-2)13(16)12-8-9-7-10(21(14,17)18)3-4-11(9)20-12/h3-4,7,12H,5-6,8H2,1-2H3,(H2,14,17,18). The molecule has 0 radical (unpaired) electrons. The molecule has 0 aliphatic carbocycles. The Balaban J connectivity index is 2.11. The summed E-state index contributed by atoms with van der Waals surface area (Å²) in [5.41, 5.74) is 0.667. The van der Waals surface area contributed by atoms with Crippen LogP contribution in [0.4, 0.5) is 0 Å².